The Bertz CT molecular complexity index is 610. The molecule has 1 heterocycles. The number of fused-ring (bicyclic) bond motifs is 1. The first-order chi connectivity index (χ1) is 7.22. The molecule has 1 aromatic carbocycles. The molecule has 0 bridgehead atoms. The van der Waals surface area contributed by atoms with Crippen LogP contribution in [-0.2, 0) is 6.54 Å². The number of pyridine rings is 1. The molecular weight excluding hydrogens is 212 g/mol. The molecule has 0 radical (unpaired) electrons. The van der Waals surface area contributed by atoms with Crippen LogP contribution in [0, 0.1) is 11.3 Å². The number of rotatable bonds is 1. The molecular formula is C11H7ClN2O. The zero-order valence-corrected chi connectivity index (χ0v) is 8.53. The average Bonchev–Trinajstić information content (AvgIpc) is 2.22. The van der Waals surface area contributed by atoms with Gasteiger partial charge in [0.2, 0.25) is 0 Å². The molecule has 0 amide bonds. The van der Waals surface area contributed by atoms with E-state index in [0.29, 0.717) is 10.4 Å². The summed E-state index contributed by atoms with van der Waals surface area (Å²) in [5.74, 6) is 0. The quantitative estimate of drug-likeness (QED) is 0.737. The Labute approximate surface area is 91.1 Å². The number of halogens is 1. The molecule has 15 heavy (non-hydrogen) atoms. The third-order valence-electron chi connectivity index (χ3n) is 2.18. The number of nitriles is 1. The van der Waals surface area contributed by atoms with Crippen LogP contribution in [0.3, 0.4) is 0 Å². The Hall–Kier alpha value is -1.79. The van der Waals surface area contributed by atoms with Crippen molar-refractivity contribution >= 4 is 22.4 Å². The molecule has 0 unspecified atom stereocenters. The van der Waals surface area contributed by atoms with E-state index in [0.717, 1.165) is 5.39 Å². The van der Waals surface area contributed by atoms with Crippen LogP contribution in [0.2, 0.25) is 5.02 Å². The summed E-state index contributed by atoms with van der Waals surface area (Å²) in [7, 11) is 0. The van der Waals surface area contributed by atoms with Gasteiger partial charge in [-0.25, -0.2) is 0 Å². The lowest BCUT2D eigenvalue weighted by Gasteiger charge is -2.02. The highest BCUT2D eigenvalue weighted by molar-refractivity contribution is 6.31. The predicted octanol–water partition coefficient (Wildman–Crippen LogP) is 2.18. The summed E-state index contributed by atoms with van der Waals surface area (Å²) in [5, 5.41) is 10.5. The molecule has 0 aliphatic rings. The van der Waals surface area contributed by atoms with E-state index in [1.54, 1.807) is 30.5 Å². The Morgan fingerprint density at radius 1 is 1.40 bits per heavy atom. The first kappa shape index (κ1) is 9.75. The Balaban J connectivity index is 2.76. The highest BCUT2D eigenvalue weighted by atomic mass is 35.5. The first-order valence-corrected chi connectivity index (χ1v) is 4.76. The summed E-state index contributed by atoms with van der Waals surface area (Å²) >= 11 is 5.81. The maximum Gasteiger partial charge on any atom is 0.259 e. The SMILES string of the molecule is N#CCn1ccc2cc(Cl)ccc2c1=O. The summed E-state index contributed by atoms with van der Waals surface area (Å²) in [5.41, 5.74) is -0.161. The molecule has 0 atom stereocenters. The summed E-state index contributed by atoms with van der Waals surface area (Å²) in [6.45, 7) is 0.0669. The number of benzene rings is 1. The van der Waals surface area contributed by atoms with Gasteiger partial charge in [-0.05, 0) is 29.7 Å². The number of hydrogen-bond donors (Lipinski definition) is 0. The van der Waals surface area contributed by atoms with Crippen LogP contribution in [0.25, 0.3) is 10.8 Å². The molecule has 0 aliphatic heterocycles. The predicted molar refractivity (Wildman–Crippen MR) is 58.8 cm³/mol. The van der Waals surface area contributed by atoms with Gasteiger partial charge >= 0.3 is 0 Å². The van der Waals surface area contributed by atoms with Gasteiger partial charge in [-0.1, -0.05) is 11.6 Å². The topological polar surface area (TPSA) is 45.8 Å². The van der Waals surface area contributed by atoms with Crippen LogP contribution >= 0.6 is 11.6 Å². The van der Waals surface area contributed by atoms with Crippen LogP contribution < -0.4 is 5.56 Å². The smallest absolute Gasteiger partial charge is 0.259 e. The van der Waals surface area contributed by atoms with Gasteiger partial charge in [-0.2, -0.15) is 5.26 Å². The van der Waals surface area contributed by atoms with Crippen LogP contribution in [0.15, 0.2) is 35.3 Å². The largest absolute Gasteiger partial charge is 0.301 e. The third-order valence-corrected chi connectivity index (χ3v) is 2.42. The van der Waals surface area contributed by atoms with Crippen molar-refractivity contribution in [2.75, 3.05) is 0 Å². The van der Waals surface area contributed by atoms with Crippen molar-refractivity contribution < 1.29 is 0 Å². The van der Waals surface area contributed by atoms with E-state index in [1.165, 1.54) is 4.57 Å². The van der Waals surface area contributed by atoms with Gasteiger partial charge < -0.3 is 4.57 Å². The van der Waals surface area contributed by atoms with Crippen molar-refractivity contribution in [3.05, 3.63) is 45.8 Å². The molecule has 0 spiro atoms. The molecule has 4 heteroatoms. The highest BCUT2D eigenvalue weighted by Crippen LogP contribution is 2.15. The molecule has 0 saturated heterocycles. The van der Waals surface area contributed by atoms with Crippen LogP contribution in [0.1, 0.15) is 0 Å². The third kappa shape index (κ3) is 1.72. The van der Waals surface area contributed by atoms with Gasteiger partial charge in [0.25, 0.3) is 5.56 Å². The van der Waals surface area contributed by atoms with Gasteiger partial charge in [0.15, 0.2) is 0 Å². The number of nitrogens with zero attached hydrogens (tertiary/aromatic N) is 2. The standard InChI is InChI=1S/C11H7ClN2O/c12-9-1-2-10-8(7-9)3-5-14(6-4-13)11(10)15/h1-3,5,7H,6H2. The fraction of sp³-hybridized carbons (Fsp3) is 0.0909. The van der Waals surface area contributed by atoms with E-state index in [2.05, 4.69) is 0 Å². The minimum absolute atomic E-state index is 0.0669. The highest BCUT2D eigenvalue weighted by Gasteiger charge is 2.02. The summed E-state index contributed by atoms with van der Waals surface area (Å²) in [4.78, 5) is 11.8. The summed E-state index contributed by atoms with van der Waals surface area (Å²) in [6, 6.07) is 8.79. The minimum atomic E-state index is -0.161. The average molecular weight is 219 g/mol. The second-order valence-corrected chi connectivity index (χ2v) is 3.57. The van der Waals surface area contributed by atoms with Crippen LogP contribution in [-0.4, -0.2) is 4.57 Å². The van der Waals surface area contributed by atoms with Crippen molar-refractivity contribution in [2.45, 2.75) is 6.54 Å². The van der Waals surface area contributed by atoms with Gasteiger partial charge in [0.1, 0.15) is 6.54 Å². The lowest BCUT2D eigenvalue weighted by molar-refractivity contribution is 0.798. The monoisotopic (exact) mass is 218 g/mol. The molecule has 0 aliphatic carbocycles. The van der Waals surface area contributed by atoms with Crippen LogP contribution in [0.5, 0.6) is 0 Å². The van der Waals surface area contributed by atoms with Crippen molar-refractivity contribution in [2.24, 2.45) is 0 Å². The van der Waals surface area contributed by atoms with Crippen molar-refractivity contribution in [1.29, 1.82) is 5.26 Å². The summed E-state index contributed by atoms with van der Waals surface area (Å²) < 4.78 is 1.37. The van der Waals surface area contributed by atoms with Crippen molar-refractivity contribution in [3.63, 3.8) is 0 Å². The zero-order valence-electron chi connectivity index (χ0n) is 7.77. The lowest BCUT2D eigenvalue weighted by atomic mass is 10.2. The molecule has 0 fully saturated rings. The van der Waals surface area contributed by atoms with E-state index >= 15 is 0 Å². The molecule has 2 rings (SSSR count). The van der Waals surface area contributed by atoms with E-state index in [4.69, 9.17) is 16.9 Å². The van der Waals surface area contributed by atoms with Gasteiger partial charge in [-0.3, -0.25) is 4.79 Å². The summed E-state index contributed by atoms with van der Waals surface area (Å²) in [6.07, 6.45) is 1.60. The molecule has 1 aromatic heterocycles. The lowest BCUT2D eigenvalue weighted by Crippen LogP contribution is -2.18. The van der Waals surface area contributed by atoms with Gasteiger partial charge in [0, 0.05) is 16.6 Å². The van der Waals surface area contributed by atoms with Gasteiger partial charge in [-0.15, -0.1) is 0 Å². The fourth-order valence-corrected chi connectivity index (χ4v) is 1.64. The fourth-order valence-electron chi connectivity index (χ4n) is 1.46. The number of hydrogen-bond acceptors (Lipinski definition) is 2. The van der Waals surface area contributed by atoms with Crippen molar-refractivity contribution in [1.82, 2.24) is 4.57 Å². The van der Waals surface area contributed by atoms with E-state index in [9.17, 15) is 4.79 Å². The zero-order chi connectivity index (χ0) is 10.8. The second-order valence-electron chi connectivity index (χ2n) is 3.14. The Morgan fingerprint density at radius 3 is 2.93 bits per heavy atom. The van der Waals surface area contributed by atoms with Crippen LogP contribution in [0.4, 0.5) is 0 Å². The number of aromatic nitrogens is 1. The van der Waals surface area contributed by atoms with E-state index < -0.39 is 0 Å². The van der Waals surface area contributed by atoms with E-state index in [1.807, 2.05) is 6.07 Å². The molecule has 0 saturated carbocycles. The Kier molecular flexibility index (Phi) is 2.44. The minimum Gasteiger partial charge on any atom is -0.301 e. The molecule has 2 aromatic rings. The second kappa shape index (κ2) is 3.76. The maximum atomic E-state index is 11.8. The first-order valence-electron chi connectivity index (χ1n) is 4.38. The Morgan fingerprint density at radius 2 is 2.20 bits per heavy atom. The molecule has 74 valence electrons. The van der Waals surface area contributed by atoms with Gasteiger partial charge in [0.05, 0.1) is 6.07 Å². The molecule has 3 nitrogen and oxygen atoms in total. The van der Waals surface area contributed by atoms with Crippen molar-refractivity contribution in [3.8, 4) is 6.07 Å². The molecule has 0 N–H and O–H groups in total. The van der Waals surface area contributed by atoms with E-state index in [-0.39, 0.29) is 12.1 Å². The maximum absolute atomic E-state index is 11.8. The normalized spacial score (nSPS) is 10.1.